The lowest BCUT2D eigenvalue weighted by molar-refractivity contribution is -0.233. The molecule has 1 aromatic rings. The Labute approximate surface area is 233 Å². The third kappa shape index (κ3) is 3.50. The van der Waals surface area contributed by atoms with Crippen molar-refractivity contribution < 1.29 is 33.0 Å². The van der Waals surface area contributed by atoms with Crippen molar-refractivity contribution in [2.45, 2.75) is 88.8 Å². The summed E-state index contributed by atoms with van der Waals surface area (Å²) in [6.45, 7) is 5.39. The fourth-order valence-electron chi connectivity index (χ4n) is 8.80. The lowest BCUT2D eigenvalue weighted by Crippen LogP contribution is -2.71. The van der Waals surface area contributed by atoms with Crippen LogP contribution in [-0.4, -0.2) is 59.2 Å². The number of allylic oxidation sites excluding steroid dienone is 4. The molecule has 0 radical (unpaired) electrons. The summed E-state index contributed by atoms with van der Waals surface area (Å²) in [7, 11) is 0. The number of Topliss-reactive ketones (excluding diaryl/α,β-unsaturated/α-hetero) is 1. The maximum Gasteiger partial charge on any atom is 0.186 e. The number of aliphatic hydroxyl groups is 1. The lowest BCUT2D eigenvalue weighted by atomic mass is 9.44. The molecule has 4 N–H and O–H groups in total. The molecule has 6 rings (SSSR count). The minimum Gasteiger partial charge on any atom is -0.399 e. The molecule has 0 amide bonds. The minimum atomic E-state index is -2.23. The van der Waals surface area contributed by atoms with Gasteiger partial charge in [0.15, 0.2) is 29.1 Å². The van der Waals surface area contributed by atoms with Gasteiger partial charge in [-0.05, 0) is 80.5 Å². The Hall–Kier alpha value is -2.62. The largest absolute Gasteiger partial charge is 0.399 e. The first-order valence-electron chi connectivity index (χ1n) is 14.3. The van der Waals surface area contributed by atoms with Crippen molar-refractivity contribution in [3.05, 3.63) is 48.1 Å². The van der Waals surface area contributed by atoms with E-state index in [1.165, 1.54) is 18.2 Å². The van der Waals surface area contributed by atoms with Gasteiger partial charge in [-0.3, -0.25) is 9.59 Å². The van der Waals surface area contributed by atoms with Crippen molar-refractivity contribution in [1.29, 1.82) is 0 Å². The summed E-state index contributed by atoms with van der Waals surface area (Å²) in [5.74, 6) is -2.02. The van der Waals surface area contributed by atoms with E-state index in [2.05, 4.69) is 5.32 Å². The van der Waals surface area contributed by atoms with Crippen molar-refractivity contribution in [2.24, 2.45) is 22.7 Å². The molecule has 5 aliphatic rings. The van der Waals surface area contributed by atoms with Crippen LogP contribution in [0.4, 0.5) is 20.2 Å². The highest BCUT2D eigenvalue weighted by molar-refractivity contribution is 6.01. The monoisotopic (exact) mass is 556 g/mol. The second kappa shape index (κ2) is 9.19. The van der Waals surface area contributed by atoms with Gasteiger partial charge in [-0.15, -0.1) is 0 Å². The number of nitrogens with one attached hydrogen (secondary N) is 1. The van der Waals surface area contributed by atoms with Gasteiger partial charge in [-0.2, -0.15) is 0 Å². The summed E-state index contributed by atoms with van der Waals surface area (Å²) in [5, 5.41) is 14.8. The number of ketones is 2. The van der Waals surface area contributed by atoms with E-state index in [1.54, 1.807) is 31.2 Å². The van der Waals surface area contributed by atoms with Crippen molar-refractivity contribution in [2.75, 3.05) is 17.6 Å². The Morgan fingerprint density at radius 1 is 1.20 bits per heavy atom. The van der Waals surface area contributed by atoms with Crippen LogP contribution in [0, 0.1) is 22.7 Å². The van der Waals surface area contributed by atoms with Crippen LogP contribution in [0.15, 0.2) is 48.1 Å². The van der Waals surface area contributed by atoms with E-state index in [1.807, 2.05) is 13.8 Å². The number of aliphatic hydroxyl groups excluding tert-OH is 1. The topological polar surface area (TPSA) is 111 Å². The fourth-order valence-corrected chi connectivity index (χ4v) is 8.80. The number of hydrogen-bond acceptors (Lipinski definition) is 7. The lowest BCUT2D eigenvalue weighted by Gasteiger charge is -2.63. The number of carbonyl (C=O) groups is 2. The zero-order valence-electron chi connectivity index (χ0n) is 23.2. The van der Waals surface area contributed by atoms with Gasteiger partial charge in [0.2, 0.25) is 0 Å². The molecule has 9 heteroatoms. The van der Waals surface area contributed by atoms with Crippen LogP contribution in [0.1, 0.15) is 52.9 Å². The van der Waals surface area contributed by atoms with Crippen molar-refractivity contribution in [3.63, 3.8) is 0 Å². The standard InChI is InChI=1S/C31H38F2N2O5/c1-4-5-27-39-26-14-20-21-13-23(32)22-12-19(36)10-11-28(22,2)30(21,33)24(37)15-29(20,3)31(26,40-27)25(38)16-35-18-8-6-17(34)7-9-18/h6-12,20-21,23-24,26-27,35,37H,4-5,13-16,34H2,1-3H3/t20-,21-,23-,24-,26+,27?,28-,29-,30-,31+/m0/s1. The molecular formula is C31H38F2N2O5. The van der Waals surface area contributed by atoms with Gasteiger partial charge in [-0.1, -0.05) is 26.3 Å². The van der Waals surface area contributed by atoms with Crippen LogP contribution in [0.25, 0.3) is 0 Å². The van der Waals surface area contributed by atoms with Gasteiger partial charge >= 0.3 is 0 Å². The Balaban J connectivity index is 1.39. The van der Waals surface area contributed by atoms with Crippen molar-refractivity contribution in [3.8, 4) is 0 Å². The van der Waals surface area contributed by atoms with E-state index in [0.29, 0.717) is 24.2 Å². The molecule has 40 heavy (non-hydrogen) atoms. The molecule has 0 bridgehead atoms. The van der Waals surface area contributed by atoms with Gasteiger partial charge in [0.1, 0.15) is 6.17 Å². The Kier molecular flexibility index (Phi) is 6.33. The first-order valence-corrected chi connectivity index (χ1v) is 14.3. The van der Waals surface area contributed by atoms with Crippen LogP contribution < -0.4 is 11.1 Å². The quantitative estimate of drug-likeness (QED) is 0.444. The SMILES string of the molecule is CCCC1O[C@@H]2C[C@H]3[C@@H]4C[C@H](F)C5=CC(=O)C=C[C@]5(C)[C@@]4(F)[C@@H](O)C[C@]3(C)[C@]2(C(=O)CNc2ccc(N)cc2)O1. The number of fused-ring (bicyclic) bond motifs is 7. The number of hydrogen-bond donors (Lipinski definition) is 3. The summed E-state index contributed by atoms with van der Waals surface area (Å²) in [4.78, 5) is 26.3. The van der Waals surface area contributed by atoms with E-state index >= 15 is 8.78 Å². The van der Waals surface area contributed by atoms with Gasteiger partial charge in [0, 0.05) is 28.1 Å². The predicted octanol–water partition coefficient (Wildman–Crippen LogP) is 4.46. The number of benzene rings is 1. The molecule has 1 saturated heterocycles. The molecule has 7 nitrogen and oxygen atoms in total. The third-order valence-corrected chi connectivity index (χ3v) is 10.7. The maximum absolute atomic E-state index is 17.5. The number of ether oxygens (including phenoxy) is 2. The number of halogens is 2. The summed E-state index contributed by atoms with van der Waals surface area (Å²) in [6.07, 6.45) is 1.01. The summed E-state index contributed by atoms with van der Waals surface area (Å²) in [5.41, 5.74) is 1.04. The molecule has 1 unspecified atom stereocenters. The molecule has 10 atom stereocenters. The molecule has 4 aliphatic carbocycles. The molecule has 4 fully saturated rings. The van der Waals surface area contributed by atoms with Gasteiger partial charge in [-0.25, -0.2) is 8.78 Å². The van der Waals surface area contributed by atoms with E-state index < -0.39 is 58.6 Å². The zero-order chi connectivity index (χ0) is 28.7. The second-order valence-electron chi connectivity index (χ2n) is 12.7. The zero-order valence-corrected chi connectivity index (χ0v) is 23.2. The number of rotatable bonds is 6. The van der Waals surface area contributed by atoms with Crippen LogP contribution in [-0.2, 0) is 19.1 Å². The summed E-state index contributed by atoms with van der Waals surface area (Å²) < 4.78 is 46.2. The number of anilines is 2. The van der Waals surface area contributed by atoms with Gasteiger partial charge in [0.05, 0.1) is 18.8 Å². The summed E-state index contributed by atoms with van der Waals surface area (Å²) in [6, 6.07) is 7.03. The predicted molar refractivity (Wildman–Crippen MR) is 146 cm³/mol. The Bertz CT molecular complexity index is 1280. The van der Waals surface area contributed by atoms with Crippen LogP contribution >= 0.6 is 0 Å². The molecule has 1 aromatic carbocycles. The van der Waals surface area contributed by atoms with E-state index in [4.69, 9.17) is 15.2 Å². The van der Waals surface area contributed by atoms with Gasteiger partial charge < -0.3 is 25.6 Å². The normalized spacial score (nSPS) is 45.2. The van der Waals surface area contributed by atoms with Crippen molar-refractivity contribution in [1.82, 2.24) is 0 Å². The van der Waals surface area contributed by atoms with Crippen LogP contribution in [0.2, 0.25) is 0 Å². The Morgan fingerprint density at radius 3 is 2.62 bits per heavy atom. The molecule has 1 aliphatic heterocycles. The Morgan fingerprint density at radius 2 is 1.93 bits per heavy atom. The van der Waals surface area contributed by atoms with E-state index in [0.717, 1.165) is 6.42 Å². The summed E-state index contributed by atoms with van der Waals surface area (Å²) >= 11 is 0. The van der Waals surface area contributed by atoms with Crippen LogP contribution in [0.3, 0.4) is 0 Å². The van der Waals surface area contributed by atoms with E-state index in [-0.39, 0.29) is 36.5 Å². The molecule has 216 valence electrons. The maximum atomic E-state index is 17.5. The highest BCUT2D eigenvalue weighted by Gasteiger charge is 2.79. The number of nitrogen functional groups attached to an aromatic ring is 1. The highest BCUT2D eigenvalue weighted by Crippen LogP contribution is 2.72. The van der Waals surface area contributed by atoms with Gasteiger partial charge in [0.25, 0.3) is 0 Å². The first kappa shape index (κ1) is 27.5. The minimum absolute atomic E-state index is 0.0570. The van der Waals surface area contributed by atoms with E-state index in [9.17, 15) is 14.7 Å². The molecular weight excluding hydrogens is 518 g/mol. The number of nitrogens with two attached hydrogens (primary N) is 1. The third-order valence-electron chi connectivity index (χ3n) is 10.7. The smallest absolute Gasteiger partial charge is 0.186 e. The second-order valence-corrected chi connectivity index (χ2v) is 12.7. The van der Waals surface area contributed by atoms with Crippen molar-refractivity contribution >= 4 is 22.9 Å². The fraction of sp³-hybridized carbons (Fsp3) is 0.613. The number of carbonyl (C=O) groups excluding carboxylic acids is 2. The van der Waals surface area contributed by atoms with Crippen LogP contribution in [0.5, 0.6) is 0 Å². The molecule has 1 heterocycles. The molecule has 0 aromatic heterocycles. The first-order chi connectivity index (χ1) is 18.9. The average Bonchev–Trinajstić information content (AvgIpc) is 3.39. The average molecular weight is 557 g/mol. The molecule has 3 saturated carbocycles. The highest BCUT2D eigenvalue weighted by atomic mass is 19.1. The molecule has 0 spiro atoms. The number of alkyl halides is 2.